The van der Waals surface area contributed by atoms with Gasteiger partial charge in [0.2, 0.25) is 5.95 Å². The van der Waals surface area contributed by atoms with Gasteiger partial charge in [-0.2, -0.15) is 10.2 Å². The van der Waals surface area contributed by atoms with Crippen molar-refractivity contribution >= 4 is 11.8 Å². The number of rotatable bonds is 8. The zero-order valence-electron chi connectivity index (χ0n) is 21.7. The molecule has 39 heavy (non-hydrogen) atoms. The molecule has 4 saturated carbocycles. The molecular formula is C28H33F3N6O2. The van der Waals surface area contributed by atoms with Gasteiger partial charge in [-0.15, -0.1) is 13.2 Å². The largest absolute Gasteiger partial charge is 0.573 e. The third-order valence-corrected chi connectivity index (χ3v) is 8.99. The Kier molecular flexibility index (Phi) is 7.02. The minimum absolute atomic E-state index is 0.0372. The Labute approximate surface area is 225 Å². The lowest BCUT2D eigenvalue weighted by atomic mass is 9.47. The smallest absolute Gasteiger partial charge is 0.405 e. The van der Waals surface area contributed by atoms with E-state index in [4.69, 9.17) is 4.74 Å². The highest BCUT2D eigenvalue weighted by atomic mass is 19.4. The molecule has 1 aliphatic heterocycles. The van der Waals surface area contributed by atoms with E-state index in [1.807, 2.05) is 0 Å². The Morgan fingerprint density at radius 1 is 1.10 bits per heavy atom. The second kappa shape index (κ2) is 10.5. The van der Waals surface area contributed by atoms with Crippen LogP contribution in [0.2, 0.25) is 0 Å². The lowest BCUT2D eigenvalue weighted by Gasteiger charge is -2.62. The summed E-state index contributed by atoms with van der Waals surface area (Å²) in [6, 6.07) is 8.77. The van der Waals surface area contributed by atoms with Crippen LogP contribution in [0.1, 0.15) is 43.2 Å². The number of halogens is 3. The maximum atomic E-state index is 12.8. The van der Waals surface area contributed by atoms with Crippen LogP contribution in [0.5, 0.6) is 5.75 Å². The number of morpholine rings is 1. The minimum Gasteiger partial charge on any atom is -0.405 e. The Morgan fingerprint density at radius 3 is 2.56 bits per heavy atom. The van der Waals surface area contributed by atoms with Crippen LogP contribution in [-0.4, -0.2) is 60.1 Å². The summed E-state index contributed by atoms with van der Waals surface area (Å²) in [5, 5.41) is 16.1. The Hall–Kier alpha value is -3.10. The van der Waals surface area contributed by atoms with E-state index >= 15 is 0 Å². The standard InChI is InChI=1S/C28H33F3N6O2/c29-28(30,31)39-23-4-2-1-3-19(23)15-33-26-34-16-22(14-32)25(36-26)35-17-27-11-18-9-20(12-27)24(21(10-18)13-27)37-5-7-38-8-6-37/h1-4,16,18,20-21,24H,5-13,15,17H2,(H2,33,34,35,36)/t18?,20-,21+,24?,27?. The van der Waals surface area contributed by atoms with Crippen LogP contribution in [0.4, 0.5) is 24.9 Å². The fraction of sp³-hybridized carbons (Fsp3) is 0.607. The first-order valence-electron chi connectivity index (χ1n) is 13.7. The number of nitriles is 1. The average Bonchev–Trinajstić information content (AvgIpc) is 2.91. The van der Waals surface area contributed by atoms with Crippen LogP contribution < -0.4 is 15.4 Å². The van der Waals surface area contributed by atoms with Crippen LogP contribution >= 0.6 is 0 Å². The van der Waals surface area contributed by atoms with Crippen molar-refractivity contribution in [3.63, 3.8) is 0 Å². The molecule has 7 rings (SSSR count). The van der Waals surface area contributed by atoms with E-state index in [-0.39, 0.29) is 23.7 Å². The third kappa shape index (κ3) is 5.63. The Balaban J connectivity index is 1.13. The number of benzene rings is 1. The average molecular weight is 543 g/mol. The van der Waals surface area contributed by atoms with Crippen LogP contribution in [-0.2, 0) is 11.3 Å². The number of hydrogen-bond donors (Lipinski definition) is 2. The van der Waals surface area contributed by atoms with Crippen molar-refractivity contribution < 1.29 is 22.6 Å². The van der Waals surface area contributed by atoms with Gasteiger partial charge >= 0.3 is 6.36 Å². The quantitative estimate of drug-likeness (QED) is 0.492. The van der Waals surface area contributed by atoms with Gasteiger partial charge in [-0.05, 0) is 61.3 Å². The summed E-state index contributed by atoms with van der Waals surface area (Å²) in [6.45, 7) is 4.50. The molecule has 0 amide bonds. The molecule has 5 atom stereocenters. The summed E-state index contributed by atoms with van der Waals surface area (Å²) < 4.78 is 48.1. The number of alkyl halides is 3. The van der Waals surface area contributed by atoms with Crippen LogP contribution in [0, 0.1) is 34.5 Å². The van der Waals surface area contributed by atoms with E-state index in [0.717, 1.165) is 38.8 Å². The summed E-state index contributed by atoms with van der Waals surface area (Å²) >= 11 is 0. The lowest BCUT2D eigenvalue weighted by molar-refractivity contribution is -0.274. The second-order valence-corrected chi connectivity index (χ2v) is 11.5. The topological polar surface area (TPSA) is 95.3 Å². The molecule has 1 aromatic carbocycles. The molecular weight excluding hydrogens is 509 g/mol. The minimum atomic E-state index is -4.78. The van der Waals surface area contributed by atoms with Crippen molar-refractivity contribution in [1.82, 2.24) is 14.9 Å². The number of hydrogen-bond acceptors (Lipinski definition) is 8. The highest BCUT2D eigenvalue weighted by Gasteiger charge is 2.56. The first-order valence-corrected chi connectivity index (χ1v) is 13.7. The highest BCUT2D eigenvalue weighted by molar-refractivity contribution is 5.53. The number of nitrogens with zero attached hydrogens (tertiary/aromatic N) is 4. The molecule has 1 saturated heterocycles. The van der Waals surface area contributed by atoms with Crippen molar-refractivity contribution in [3.05, 3.63) is 41.6 Å². The van der Waals surface area contributed by atoms with E-state index in [2.05, 4.69) is 36.3 Å². The molecule has 2 N–H and O–H groups in total. The van der Waals surface area contributed by atoms with Gasteiger partial charge in [0.15, 0.2) is 0 Å². The SMILES string of the molecule is N#Cc1cnc(NCc2ccccc2OC(F)(F)F)nc1NCC12CC3C[C@H](C1)C(N1CCOCC1)[C@@H](C3)C2. The highest BCUT2D eigenvalue weighted by Crippen LogP contribution is 2.61. The van der Waals surface area contributed by atoms with Gasteiger partial charge in [-0.3, -0.25) is 4.90 Å². The van der Waals surface area contributed by atoms with Crippen molar-refractivity contribution in [3.8, 4) is 11.8 Å². The summed E-state index contributed by atoms with van der Waals surface area (Å²) in [7, 11) is 0. The fourth-order valence-electron chi connectivity index (χ4n) is 7.86. The molecule has 3 unspecified atom stereocenters. The van der Waals surface area contributed by atoms with Crippen molar-refractivity contribution in [1.29, 1.82) is 5.26 Å². The number of aromatic nitrogens is 2. The predicted octanol–water partition coefficient (Wildman–Crippen LogP) is 4.80. The number of nitrogens with one attached hydrogen (secondary N) is 2. The van der Waals surface area contributed by atoms with Gasteiger partial charge in [0, 0.05) is 37.8 Å². The molecule has 0 radical (unpaired) electrons. The molecule has 8 nitrogen and oxygen atoms in total. The molecule has 208 valence electrons. The zero-order valence-corrected chi connectivity index (χ0v) is 21.7. The molecule has 2 aromatic rings. The van der Waals surface area contributed by atoms with Gasteiger partial charge in [-0.25, -0.2) is 4.98 Å². The Bertz CT molecular complexity index is 1210. The van der Waals surface area contributed by atoms with Gasteiger partial charge < -0.3 is 20.1 Å². The van der Waals surface area contributed by atoms with Crippen molar-refractivity contribution in [2.45, 2.75) is 51.1 Å². The molecule has 5 fully saturated rings. The Morgan fingerprint density at radius 2 is 1.85 bits per heavy atom. The summed E-state index contributed by atoms with van der Waals surface area (Å²) in [5.74, 6) is 2.58. The number of ether oxygens (including phenoxy) is 2. The maximum absolute atomic E-state index is 12.8. The second-order valence-electron chi connectivity index (χ2n) is 11.5. The van der Waals surface area contributed by atoms with E-state index in [0.29, 0.717) is 34.8 Å². The summed E-state index contributed by atoms with van der Waals surface area (Å²) in [4.78, 5) is 11.4. The maximum Gasteiger partial charge on any atom is 0.573 e. The first kappa shape index (κ1) is 26.1. The molecule has 4 aliphatic carbocycles. The first-order chi connectivity index (χ1) is 18.8. The monoisotopic (exact) mass is 542 g/mol. The van der Waals surface area contributed by atoms with Gasteiger partial charge in [0.1, 0.15) is 23.2 Å². The van der Waals surface area contributed by atoms with E-state index < -0.39 is 6.36 Å². The molecule has 5 aliphatic rings. The van der Waals surface area contributed by atoms with Crippen LogP contribution in [0.25, 0.3) is 0 Å². The number of para-hydroxylation sites is 1. The third-order valence-electron chi connectivity index (χ3n) is 8.99. The van der Waals surface area contributed by atoms with Gasteiger partial charge in [0.25, 0.3) is 0 Å². The zero-order chi connectivity index (χ0) is 27.0. The van der Waals surface area contributed by atoms with Crippen molar-refractivity contribution in [2.24, 2.45) is 23.2 Å². The summed E-state index contributed by atoms with van der Waals surface area (Å²) in [5.41, 5.74) is 0.858. The van der Waals surface area contributed by atoms with E-state index in [9.17, 15) is 18.4 Å². The lowest BCUT2D eigenvalue weighted by Crippen LogP contribution is -2.62. The molecule has 1 aromatic heterocycles. The van der Waals surface area contributed by atoms with Crippen LogP contribution in [0.15, 0.2) is 30.5 Å². The summed E-state index contributed by atoms with van der Waals surface area (Å²) in [6.07, 6.45) is 2.86. The normalized spacial score (nSPS) is 30.1. The van der Waals surface area contributed by atoms with Gasteiger partial charge in [-0.1, -0.05) is 18.2 Å². The molecule has 2 heterocycles. The van der Waals surface area contributed by atoms with E-state index in [1.165, 1.54) is 50.4 Å². The molecule has 11 heteroatoms. The van der Waals surface area contributed by atoms with Crippen LogP contribution in [0.3, 0.4) is 0 Å². The molecule has 4 bridgehead atoms. The molecule has 0 spiro atoms. The van der Waals surface area contributed by atoms with E-state index in [1.54, 1.807) is 12.1 Å². The predicted molar refractivity (Wildman–Crippen MR) is 138 cm³/mol. The number of anilines is 2. The fourth-order valence-corrected chi connectivity index (χ4v) is 7.86. The van der Waals surface area contributed by atoms with Gasteiger partial charge in [0.05, 0.1) is 19.4 Å². The van der Waals surface area contributed by atoms with Crippen molar-refractivity contribution in [2.75, 3.05) is 43.5 Å².